The maximum atomic E-state index is 10.2. The summed E-state index contributed by atoms with van der Waals surface area (Å²) in [4.78, 5) is 0. The summed E-state index contributed by atoms with van der Waals surface area (Å²) < 4.78 is 7.26. The van der Waals surface area contributed by atoms with Crippen molar-refractivity contribution in [1.29, 1.82) is 0 Å². The number of ether oxygens (including phenoxy) is 1. The Kier molecular flexibility index (Phi) is 3.75. The number of allylic oxidation sites excluding steroid dienone is 3. The van der Waals surface area contributed by atoms with Crippen molar-refractivity contribution >= 4 is 16.5 Å². The predicted molar refractivity (Wildman–Crippen MR) is 124 cm³/mol. The van der Waals surface area contributed by atoms with Crippen molar-refractivity contribution in [2.75, 3.05) is 7.05 Å². The lowest BCUT2D eigenvalue weighted by Crippen LogP contribution is -2.54. The zero-order valence-corrected chi connectivity index (χ0v) is 18.9. The molecule has 0 amide bonds. The van der Waals surface area contributed by atoms with Crippen LogP contribution in [-0.4, -0.2) is 44.8 Å². The number of aromatic nitrogens is 2. The van der Waals surface area contributed by atoms with Gasteiger partial charge in [0, 0.05) is 29.8 Å². The molecule has 166 valence electrons. The van der Waals surface area contributed by atoms with Crippen molar-refractivity contribution in [2.45, 2.75) is 69.1 Å². The van der Waals surface area contributed by atoms with Crippen molar-refractivity contribution in [3.8, 4) is 0 Å². The maximum Gasteiger partial charge on any atom is 0.0980 e. The number of H-pyrrole nitrogens is 1. The number of hydroxylamine groups is 2. The highest BCUT2D eigenvalue weighted by Crippen LogP contribution is 2.67. The van der Waals surface area contributed by atoms with E-state index in [2.05, 4.69) is 53.5 Å². The number of benzene rings is 1. The van der Waals surface area contributed by atoms with E-state index >= 15 is 0 Å². The Hall–Kier alpha value is -2.21. The van der Waals surface area contributed by atoms with Crippen molar-refractivity contribution in [1.82, 2.24) is 15.3 Å². The Bertz CT molecular complexity index is 1220. The summed E-state index contributed by atoms with van der Waals surface area (Å²) in [6.45, 7) is 2.46. The van der Waals surface area contributed by atoms with Crippen molar-refractivity contribution in [3.05, 3.63) is 59.3 Å². The van der Waals surface area contributed by atoms with Gasteiger partial charge >= 0.3 is 0 Å². The van der Waals surface area contributed by atoms with E-state index in [9.17, 15) is 5.21 Å². The molecule has 2 N–H and O–H groups in total. The Balaban J connectivity index is 1.29. The third kappa shape index (κ3) is 2.32. The van der Waals surface area contributed by atoms with Crippen LogP contribution in [0.4, 0.5) is 0 Å². The van der Waals surface area contributed by atoms with Gasteiger partial charge < -0.3 is 9.94 Å². The molecule has 3 aliphatic carbocycles. The van der Waals surface area contributed by atoms with Crippen LogP contribution in [0.25, 0.3) is 16.5 Å². The number of nitrogens with one attached hydrogen (secondary N) is 1. The van der Waals surface area contributed by atoms with Crippen LogP contribution in [0.1, 0.15) is 57.4 Å². The van der Waals surface area contributed by atoms with Gasteiger partial charge in [-0.15, -0.1) is 0 Å². The molecule has 1 aromatic heterocycles. The fourth-order valence-electron chi connectivity index (χ4n) is 7.84. The number of rotatable bonds is 2. The second kappa shape index (κ2) is 6.22. The van der Waals surface area contributed by atoms with Gasteiger partial charge in [-0.3, -0.25) is 5.10 Å². The Morgan fingerprint density at radius 3 is 3.03 bits per heavy atom. The van der Waals surface area contributed by atoms with Gasteiger partial charge in [-0.1, -0.05) is 31.2 Å². The molecule has 2 fully saturated rings. The molecule has 7 rings (SSSR count). The molecule has 2 spiro atoms. The van der Waals surface area contributed by atoms with Gasteiger partial charge in [-0.2, -0.15) is 10.2 Å². The van der Waals surface area contributed by atoms with E-state index in [-0.39, 0.29) is 22.7 Å². The minimum Gasteiger partial charge on any atom is -0.359 e. The molecule has 5 nitrogen and oxygen atoms in total. The number of hydrogen-bond donors (Lipinski definition) is 2. The van der Waals surface area contributed by atoms with E-state index in [4.69, 9.17) is 4.74 Å². The molecule has 2 aromatic rings. The highest BCUT2D eigenvalue weighted by Gasteiger charge is 2.65. The Labute approximate surface area is 188 Å². The van der Waals surface area contributed by atoms with Crippen molar-refractivity contribution in [2.24, 2.45) is 11.3 Å². The average Bonchev–Trinajstić information content (AvgIpc) is 3.47. The number of hydrogen-bond acceptors (Lipinski definition) is 4. The smallest absolute Gasteiger partial charge is 0.0980 e. The third-order valence-corrected chi connectivity index (χ3v) is 9.52. The summed E-state index contributed by atoms with van der Waals surface area (Å²) in [6.07, 6.45) is 16.6. The van der Waals surface area contributed by atoms with Gasteiger partial charge in [-0.25, -0.2) is 0 Å². The quantitative estimate of drug-likeness (QED) is 0.627. The summed E-state index contributed by atoms with van der Waals surface area (Å²) in [5, 5.41) is 20.0. The van der Waals surface area contributed by atoms with Gasteiger partial charge in [0.1, 0.15) is 0 Å². The summed E-state index contributed by atoms with van der Waals surface area (Å²) in [5.41, 5.74) is 6.46. The van der Waals surface area contributed by atoms with Gasteiger partial charge in [0.15, 0.2) is 0 Å². The van der Waals surface area contributed by atoms with Crippen LogP contribution in [0.2, 0.25) is 0 Å². The molecule has 5 heteroatoms. The third-order valence-electron chi connectivity index (χ3n) is 9.52. The van der Waals surface area contributed by atoms with E-state index in [1.54, 1.807) is 7.05 Å². The van der Waals surface area contributed by atoms with Crippen LogP contribution in [0.5, 0.6) is 0 Å². The first-order valence-electron chi connectivity index (χ1n) is 12.1. The molecule has 2 aliphatic heterocycles. The summed E-state index contributed by atoms with van der Waals surface area (Å²) in [5.74, 6) is 0.453. The molecule has 5 atom stereocenters. The number of aromatic amines is 1. The molecule has 1 saturated heterocycles. The van der Waals surface area contributed by atoms with Crippen LogP contribution in [0, 0.1) is 11.3 Å². The van der Waals surface area contributed by atoms with Crippen molar-refractivity contribution in [3.63, 3.8) is 0 Å². The molecule has 0 radical (unpaired) electrons. The fraction of sp³-hybridized carbons (Fsp3) is 0.519. The normalized spacial score (nSPS) is 39.9. The standard InChI is InChI=1S/C27H31N3O2/c1-25-10-9-20-14-19-4-5-21(30(2)31)15-26(19)11-12-27(20,32-26)24(25)8-6-22(25)17-3-7-23-18(13-17)16-28-29-23/h3,6-7,9,13-14,16,21,24,31H,4-5,8,10-12,15H2,1-2H3,(H,28,29)/t21-,24-,25-,26-,27-/m1/s1. The minimum atomic E-state index is -0.190. The molecule has 0 unspecified atom stereocenters. The first-order valence-corrected chi connectivity index (χ1v) is 12.1. The molecule has 1 aromatic carbocycles. The summed E-state index contributed by atoms with van der Waals surface area (Å²) in [7, 11) is 1.79. The Morgan fingerprint density at radius 2 is 2.16 bits per heavy atom. The SMILES string of the molecule is CN(O)[C@@H]1CCC2=CC3=CC[C@]4(C)C(c5ccc6[nH]ncc6c5)=CC[C@H]4[C@@]34CC[C@]2(C1)O4. The molecule has 1 saturated carbocycles. The van der Waals surface area contributed by atoms with E-state index in [1.807, 2.05) is 6.20 Å². The lowest BCUT2D eigenvalue weighted by atomic mass is 9.58. The first-order chi connectivity index (χ1) is 15.4. The molecule has 5 aliphatic rings. The average molecular weight is 430 g/mol. The lowest BCUT2D eigenvalue weighted by Gasteiger charge is -2.54. The van der Waals surface area contributed by atoms with Crippen LogP contribution >= 0.6 is 0 Å². The fourth-order valence-corrected chi connectivity index (χ4v) is 7.84. The second-order valence-corrected chi connectivity index (χ2v) is 11.0. The Morgan fingerprint density at radius 1 is 1.25 bits per heavy atom. The highest BCUT2D eigenvalue weighted by molar-refractivity contribution is 5.85. The van der Waals surface area contributed by atoms with Crippen LogP contribution in [-0.2, 0) is 4.74 Å². The van der Waals surface area contributed by atoms with Crippen molar-refractivity contribution < 1.29 is 9.94 Å². The number of fused-ring (bicyclic) bond motifs is 2. The van der Waals surface area contributed by atoms with Crippen LogP contribution < -0.4 is 0 Å². The molecule has 3 heterocycles. The van der Waals surface area contributed by atoms with E-state index in [0.717, 1.165) is 50.5 Å². The minimum absolute atomic E-state index is 0.0691. The zero-order valence-electron chi connectivity index (χ0n) is 18.9. The summed E-state index contributed by atoms with van der Waals surface area (Å²) >= 11 is 0. The number of nitrogens with zero attached hydrogens (tertiary/aromatic N) is 2. The van der Waals surface area contributed by atoms with Gasteiger partial charge in [0.25, 0.3) is 0 Å². The van der Waals surface area contributed by atoms with Crippen LogP contribution in [0.15, 0.2) is 53.8 Å². The van der Waals surface area contributed by atoms with Gasteiger partial charge in [0.05, 0.1) is 22.9 Å². The largest absolute Gasteiger partial charge is 0.359 e. The highest BCUT2D eigenvalue weighted by atomic mass is 16.5. The lowest BCUT2D eigenvalue weighted by molar-refractivity contribution is -0.165. The van der Waals surface area contributed by atoms with E-state index < -0.39 is 0 Å². The molecule has 32 heavy (non-hydrogen) atoms. The predicted octanol–water partition coefficient (Wildman–Crippen LogP) is 5.40. The topological polar surface area (TPSA) is 61.4 Å². The van der Waals surface area contributed by atoms with Gasteiger partial charge in [0.2, 0.25) is 0 Å². The van der Waals surface area contributed by atoms with E-state index in [1.165, 1.54) is 32.7 Å². The summed E-state index contributed by atoms with van der Waals surface area (Å²) in [6, 6.07) is 6.87. The second-order valence-electron chi connectivity index (χ2n) is 11.0. The first kappa shape index (κ1) is 19.3. The molecule has 2 bridgehead atoms. The zero-order chi connectivity index (χ0) is 21.7. The molecular formula is C27H31N3O2. The maximum absolute atomic E-state index is 10.2. The van der Waals surface area contributed by atoms with E-state index in [0.29, 0.717) is 5.92 Å². The van der Waals surface area contributed by atoms with Crippen LogP contribution in [0.3, 0.4) is 0 Å². The molecular weight excluding hydrogens is 398 g/mol. The monoisotopic (exact) mass is 429 g/mol. The van der Waals surface area contributed by atoms with Gasteiger partial charge in [-0.05, 0) is 79.4 Å².